The zero-order chi connectivity index (χ0) is 35.8. The maximum atomic E-state index is 14.1. The predicted molar refractivity (Wildman–Crippen MR) is 183 cm³/mol. The van der Waals surface area contributed by atoms with Gasteiger partial charge in [-0.05, 0) is 57.1 Å². The maximum Gasteiger partial charge on any atom is 0.352 e. The minimum absolute atomic E-state index is 0.0522. The molecule has 14 nitrogen and oxygen atoms in total. The summed E-state index contributed by atoms with van der Waals surface area (Å²) in [6.45, 7) is 9.20. The Balaban J connectivity index is 0.00000319. The second-order valence-corrected chi connectivity index (χ2v) is 11.3. The van der Waals surface area contributed by atoms with Gasteiger partial charge in [0, 0.05) is 38.9 Å². The fraction of sp³-hybridized carbons (Fsp3) is 0.543. The first kappa shape index (κ1) is 39.0. The van der Waals surface area contributed by atoms with Gasteiger partial charge < -0.3 is 48.9 Å². The van der Waals surface area contributed by atoms with E-state index in [1.54, 1.807) is 18.0 Å². The molecule has 2 aliphatic heterocycles. The number of carboxylic acid groups (broad SMARTS) is 1. The topological polar surface area (TPSA) is 167 Å². The summed E-state index contributed by atoms with van der Waals surface area (Å²) in [6, 6.07) is 4.03. The molecule has 14 heteroatoms. The zero-order valence-electron chi connectivity index (χ0n) is 28.9. The highest BCUT2D eigenvalue weighted by Gasteiger charge is 2.37. The third kappa shape index (κ3) is 11.1. The minimum Gasteiger partial charge on any atom is -0.493 e. The van der Waals surface area contributed by atoms with Crippen molar-refractivity contribution in [3.05, 3.63) is 48.3 Å². The first-order valence-electron chi connectivity index (χ1n) is 16.8. The highest BCUT2D eigenvalue weighted by Crippen LogP contribution is 2.36. The second-order valence-electron chi connectivity index (χ2n) is 11.3. The van der Waals surface area contributed by atoms with Crippen LogP contribution in [0.25, 0.3) is 0 Å². The molecule has 2 fully saturated rings. The lowest BCUT2D eigenvalue weighted by Crippen LogP contribution is -2.52. The van der Waals surface area contributed by atoms with Gasteiger partial charge in [0.25, 0.3) is 5.91 Å². The van der Waals surface area contributed by atoms with Crippen molar-refractivity contribution in [2.24, 2.45) is 7.05 Å². The van der Waals surface area contributed by atoms with E-state index >= 15 is 0 Å². The summed E-state index contributed by atoms with van der Waals surface area (Å²) >= 11 is 0. The van der Waals surface area contributed by atoms with Crippen LogP contribution in [-0.2, 0) is 30.8 Å². The molecule has 4 rings (SSSR count). The van der Waals surface area contributed by atoms with Crippen molar-refractivity contribution in [2.45, 2.75) is 83.8 Å². The lowest BCUT2D eigenvalue weighted by Gasteiger charge is -2.41. The second kappa shape index (κ2) is 20.2. The van der Waals surface area contributed by atoms with Gasteiger partial charge in [0.15, 0.2) is 24.1 Å². The van der Waals surface area contributed by atoms with Crippen LogP contribution < -0.4 is 20.1 Å². The molecule has 3 heterocycles. The number of rotatable bonds is 17. The van der Waals surface area contributed by atoms with Gasteiger partial charge in [-0.1, -0.05) is 19.9 Å². The zero-order valence-corrected chi connectivity index (χ0v) is 28.9. The average molecular weight is 687 g/mol. The van der Waals surface area contributed by atoms with Crippen LogP contribution in [0, 0.1) is 0 Å². The van der Waals surface area contributed by atoms with Gasteiger partial charge in [-0.15, -0.1) is 6.58 Å². The Morgan fingerprint density at radius 1 is 1.12 bits per heavy atom. The molecular formula is C35H50N4O10. The number of aromatic nitrogens is 1. The van der Waals surface area contributed by atoms with Gasteiger partial charge in [0.2, 0.25) is 12.3 Å². The van der Waals surface area contributed by atoms with Crippen LogP contribution in [0.4, 0.5) is 11.4 Å². The van der Waals surface area contributed by atoms with E-state index in [-0.39, 0.29) is 59.9 Å². The lowest BCUT2D eigenvalue weighted by atomic mass is 9.99. The number of hydrogen-bond donors (Lipinski definition) is 3. The number of likely N-dealkylation sites (tertiary alicyclic amines) is 1. The molecule has 0 aliphatic carbocycles. The number of nitrogens with zero attached hydrogens (tertiary/aromatic N) is 2. The third-order valence-corrected chi connectivity index (χ3v) is 7.99. The van der Waals surface area contributed by atoms with E-state index in [2.05, 4.69) is 17.2 Å². The number of benzene rings is 1. The predicted octanol–water partition coefficient (Wildman–Crippen LogP) is 5.19. The molecular weight excluding hydrogens is 636 g/mol. The van der Waals surface area contributed by atoms with Crippen LogP contribution in [0.15, 0.2) is 37.1 Å². The number of hydrogen-bond acceptors (Lipinski definition) is 9. The van der Waals surface area contributed by atoms with E-state index in [1.807, 2.05) is 13.8 Å². The average Bonchev–Trinajstić information content (AvgIpc) is 3.49. The number of methoxy groups -OCH3 is 1. The van der Waals surface area contributed by atoms with Gasteiger partial charge in [-0.3, -0.25) is 14.4 Å². The Labute approximate surface area is 287 Å². The first-order valence-corrected chi connectivity index (χ1v) is 16.8. The third-order valence-electron chi connectivity index (χ3n) is 7.99. The molecule has 3 unspecified atom stereocenters. The van der Waals surface area contributed by atoms with E-state index in [0.717, 1.165) is 32.1 Å². The summed E-state index contributed by atoms with van der Waals surface area (Å²) in [7, 11) is 3.03. The van der Waals surface area contributed by atoms with Crippen LogP contribution in [0.2, 0.25) is 0 Å². The Morgan fingerprint density at radius 3 is 2.55 bits per heavy atom. The number of anilines is 2. The molecule has 49 heavy (non-hydrogen) atoms. The Morgan fingerprint density at radius 2 is 1.90 bits per heavy atom. The van der Waals surface area contributed by atoms with Gasteiger partial charge in [0.05, 0.1) is 43.3 Å². The SMILES string of the molecule is C=CCOC(OC1CCCCO1)C1CCCCN1C(=O)c1cc(OC)c(OCCCC(=O)Nc2cc(C(=O)O)n(C)c2)cc1NC=O.CC. The van der Waals surface area contributed by atoms with Crippen LogP contribution in [0.5, 0.6) is 11.5 Å². The molecule has 0 saturated carbocycles. The smallest absolute Gasteiger partial charge is 0.352 e. The number of carboxylic acids is 1. The molecule has 0 spiro atoms. The van der Waals surface area contributed by atoms with Crippen molar-refractivity contribution < 1.29 is 48.0 Å². The van der Waals surface area contributed by atoms with Crippen LogP contribution in [0.3, 0.4) is 0 Å². The van der Waals surface area contributed by atoms with Gasteiger partial charge in [-0.2, -0.15) is 0 Å². The van der Waals surface area contributed by atoms with E-state index in [1.165, 1.54) is 36.1 Å². The molecule has 0 radical (unpaired) electrons. The van der Waals surface area contributed by atoms with E-state index in [0.29, 0.717) is 38.1 Å². The fourth-order valence-corrected chi connectivity index (χ4v) is 5.70. The summed E-state index contributed by atoms with van der Waals surface area (Å²) in [5, 5.41) is 14.5. The summed E-state index contributed by atoms with van der Waals surface area (Å²) < 4.78 is 31.0. The number of carbonyl (C=O) groups excluding carboxylic acids is 3. The van der Waals surface area contributed by atoms with Crippen LogP contribution in [-0.4, -0.2) is 90.9 Å². The molecule has 270 valence electrons. The van der Waals surface area contributed by atoms with Crippen molar-refractivity contribution in [1.29, 1.82) is 0 Å². The Hall–Kier alpha value is -4.40. The van der Waals surface area contributed by atoms with Gasteiger partial charge in [0.1, 0.15) is 5.69 Å². The largest absolute Gasteiger partial charge is 0.493 e. The summed E-state index contributed by atoms with van der Waals surface area (Å²) in [4.78, 5) is 51.1. The molecule has 2 aliphatic rings. The van der Waals surface area contributed by atoms with Crippen LogP contribution >= 0.6 is 0 Å². The normalized spacial score (nSPS) is 17.9. The monoisotopic (exact) mass is 686 g/mol. The summed E-state index contributed by atoms with van der Waals surface area (Å²) in [5.74, 6) is -1.17. The molecule has 1 aromatic carbocycles. The van der Waals surface area contributed by atoms with Crippen molar-refractivity contribution in [1.82, 2.24) is 9.47 Å². The van der Waals surface area contributed by atoms with E-state index in [9.17, 15) is 24.3 Å². The Bertz CT molecular complexity index is 1400. The number of aromatic carboxylic acids is 1. The van der Waals surface area contributed by atoms with Crippen LogP contribution in [0.1, 0.15) is 86.1 Å². The van der Waals surface area contributed by atoms with Crippen molar-refractivity contribution in [2.75, 3.05) is 44.1 Å². The molecule has 1 aromatic heterocycles. The first-order chi connectivity index (χ1) is 23.7. The number of carbonyl (C=O) groups is 4. The highest BCUT2D eigenvalue weighted by atomic mass is 16.8. The number of piperidine rings is 1. The number of nitrogens with one attached hydrogen (secondary N) is 2. The highest BCUT2D eigenvalue weighted by molar-refractivity contribution is 6.02. The van der Waals surface area contributed by atoms with Crippen molar-refractivity contribution in [3.63, 3.8) is 0 Å². The number of aryl methyl sites for hydroxylation is 1. The number of ether oxygens (including phenoxy) is 5. The lowest BCUT2D eigenvalue weighted by molar-refractivity contribution is -0.269. The molecule has 0 bridgehead atoms. The van der Waals surface area contributed by atoms with Crippen molar-refractivity contribution in [3.8, 4) is 11.5 Å². The maximum absolute atomic E-state index is 14.1. The van der Waals surface area contributed by atoms with E-state index < -0.39 is 24.6 Å². The van der Waals surface area contributed by atoms with Gasteiger partial charge >= 0.3 is 5.97 Å². The molecule has 3 N–H and O–H groups in total. The molecule has 3 amide bonds. The molecule has 2 saturated heterocycles. The minimum atomic E-state index is -1.09. The van der Waals surface area contributed by atoms with Gasteiger partial charge in [-0.25, -0.2) is 4.79 Å². The van der Waals surface area contributed by atoms with Crippen molar-refractivity contribution >= 4 is 35.6 Å². The fourth-order valence-electron chi connectivity index (χ4n) is 5.70. The Kier molecular flexibility index (Phi) is 16.1. The number of amides is 3. The van der Waals surface area contributed by atoms with E-state index in [4.69, 9.17) is 23.7 Å². The quantitative estimate of drug-likeness (QED) is 0.0872. The standard InChI is InChI=1S/C33H44N4O10.C2H6/c1-4-14-46-33(47-30-12-6-8-15-45-30)25-10-5-7-13-37(25)31(40)23-18-27(43-3)28(19-24(23)34-21-38)44-16-9-11-29(39)35-22-17-26(32(41)42)36(2)20-22;1-2/h4,17-21,25,30,33H,1,5-16H2,2-3H3,(H,34,38)(H,35,39)(H,41,42);1-2H3. The molecule has 3 atom stereocenters. The summed E-state index contributed by atoms with van der Waals surface area (Å²) in [6.07, 6.45) is 7.97. The summed E-state index contributed by atoms with van der Waals surface area (Å²) in [5.41, 5.74) is 0.885. The molecule has 2 aromatic rings.